The van der Waals surface area contributed by atoms with Crippen LogP contribution in [0.25, 0.3) is 0 Å². The molecule has 0 aliphatic heterocycles. The van der Waals surface area contributed by atoms with Crippen LogP contribution in [-0.2, 0) is 0 Å². The van der Waals surface area contributed by atoms with Crippen molar-refractivity contribution in [2.24, 2.45) is 0 Å². The Balaban J connectivity index is 1.81. The molecular formula is C34H38N2P2. The molecule has 0 aliphatic carbocycles. The van der Waals surface area contributed by atoms with E-state index in [4.69, 9.17) is 0 Å². The van der Waals surface area contributed by atoms with Crippen molar-refractivity contribution in [1.82, 2.24) is 9.34 Å². The van der Waals surface area contributed by atoms with Crippen LogP contribution < -0.4 is 21.2 Å². The Labute approximate surface area is 232 Å². The molecule has 0 aromatic heterocycles. The molecule has 4 heteroatoms. The van der Waals surface area contributed by atoms with Gasteiger partial charge in [-0.05, 0) is 48.9 Å². The zero-order valence-electron chi connectivity index (χ0n) is 23.0. The smallest absolute Gasteiger partial charge is 0.0341 e. The van der Waals surface area contributed by atoms with Crippen LogP contribution in [0.1, 0.15) is 38.8 Å². The van der Waals surface area contributed by atoms with E-state index < -0.39 is 16.1 Å². The van der Waals surface area contributed by atoms with Crippen molar-refractivity contribution in [2.75, 3.05) is 26.2 Å². The van der Waals surface area contributed by atoms with E-state index in [-0.39, 0.29) is 0 Å². The predicted molar refractivity (Wildman–Crippen MR) is 170 cm³/mol. The lowest BCUT2D eigenvalue weighted by atomic mass is 10.2. The number of nitrogens with zero attached hydrogens (tertiary/aromatic N) is 2. The average Bonchev–Trinajstić information content (AvgIpc) is 2.99. The number of hydrogen-bond acceptors (Lipinski definition) is 2. The number of rotatable bonds is 10. The molecule has 2 unspecified atom stereocenters. The SMILES string of the molecule is CCN(CC)P(c1ccccc1)c1ccccc1C#Cc1ccccc1P(c1ccccc1)N(CC)CC. The minimum absolute atomic E-state index is 0.661. The van der Waals surface area contributed by atoms with E-state index in [1.54, 1.807) is 0 Å². The van der Waals surface area contributed by atoms with Crippen molar-refractivity contribution in [3.05, 3.63) is 120 Å². The van der Waals surface area contributed by atoms with Gasteiger partial charge in [0.2, 0.25) is 0 Å². The fraction of sp³-hybridized carbons (Fsp3) is 0.235. The summed E-state index contributed by atoms with van der Waals surface area (Å²) in [4.78, 5) is 0. The molecule has 194 valence electrons. The van der Waals surface area contributed by atoms with E-state index in [0.717, 1.165) is 37.3 Å². The largest absolute Gasteiger partial charge is 0.275 e. The quantitative estimate of drug-likeness (QED) is 0.169. The molecule has 0 saturated carbocycles. The van der Waals surface area contributed by atoms with E-state index in [1.165, 1.54) is 21.2 Å². The normalized spacial score (nSPS) is 12.7. The first-order valence-corrected chi connectivity index (χ1v) is 16.2. The highest BCUT2D eigenvalue weighted by molar-refractivity contribution is 7.71. The first-order valence-electron chi connectivity index (χ1n) is 13.6. The van der Waals surface area contributed by atoms with Crippen molar-refractivity contribution in [2.45, 2.75) is 27.7 Å². The molecule has 4 aromatic carbocycles. The molecule has 0 aliphatic rings. The van der Waals surface area contributed by atoms with Crippen LogP contribution in [0.4, 0.5) is 0 Å². The zero-order valence-corrected chi connectivity index (χ0v) is 24.8. The lowest BCUT2D eigenvalue weighted by Gasteiger charge is -2.31. The fourth-order valence-corrected chi connectivity index (χ4v) is 9.75. The van der Waals surface area contributed by atoms with Crippen LogP contribution in [0.15, 0.2) is 109 Å². The van der Waals surface area contributed by atoms with Gasteiger partial charge >= 0.3 is 0 Å². The molecule has 0 saturated heterocycles. The lowest BCUT2D eigenvalue weighted by Crippen LogP contribution is -2.30. The monoisotopic (exact) mass is 536 g/mol. The Kier molecular flexibility index (Phi) is 10.7. The first-order chi connectivity index (χ1) is 18.7. The van der Waals surface area contributed by atoms with Gasteiger partial charge in [0.25, 0.3) is 0 Å². The molecule has 2 atom stereocenters. The van der Waals surface area contributed by atoms with Gasteiger partial charge in [0.15, 0.2) is 0 Å². The van der Waals surface area contributed by atoms with Gasteiger partial charge in [-0.25, -0.2) is 0 Å². The maximum Gasteiger partial charge on any atom is 0.0341 e. The van der Waals surface area contributed by atoms with Crippen molar-refractivity contribution >= 4 is 37.4 Å². The molecule has 0 N–H and O–H groups in total. The number of benzene rings is 4. The predicted octanol–water partition coefficient (Wildman–Crippen LogP) is 6.47. The molecule has 38 heavy (non-hydrogen) atoms. The van der Waals surface area contributed by atoms with Crippen LogP contribution in [0.2, 0.25) is 0 Å². The average molecular weight is 537 g/mol. The zero-order chi connectivity index (χ0) is 26.7. The Morgan fingerprint density at radius 1 is 0.447 bits per heavy atom. The second-order valence-electron chi connectivity index (χ2n) is 8.86. The molecular weight excluding hydrogens is 498 g/mol. The third-order valence-corrected chi connectivity index (χ3v) is 12.2. The van der Waals surface area contributed by atoms with Gasteiger partial charge in [-0.2, -0.15) is 0 Å². The minimum Gasteiger partial charge on any atom is -0.275 e. The van der Waals surface area contributed by atoms with Crippen LogP contribution >= 0.6 is 16.1 Å². The van der Waals surface area contributed by atoms with Gasteiger partial charge in [-0.1, -0.05) is 137 Å². The third-order valence-electron chi connectivity index (χ3n) is 6.62. The summed E-state index contributed by atoms with van der Waals surface area (Å²) in [6, 6.07) is 39.4. The Morgan fingerprint density at radius 2 is 0.763 bits per heavy atom. The van der Waals surface area contributed by atoms with E-state index in [1.807, 2.05) is 0 Å². The summed E-state index contributed by atoms with van der Waals surface area (Å²) in [6.45, 7) is 13.0. The molecule has 0 amide bonds. The second kappa shape index (κ2) is 14.4. The van der Waals surface area contributed by atoms with Gasteiger partial charge in [-0.3, -0.25) is 9.34 Å². The van der Waals surface area contributed by atoms with Crippen molar-refractivity contribution in [3.63, 3.8) is 0 Å². The maximum absolute atomic E-state index is 3.64. The summed E-state index contributed by atoms with van der Waals surface area (Å²) in [5.74, 6) is 7.27. The molecule has 0 radical (unpaired) electrons. The molecule has 2 nitrogen and oxygen atoms in total. The summed E-state index contributed by atoms with van der Waals surface area (Å²) in [6.07, 6.45) is 0. The van der Waals surface area contributed by atoms with E-state index in [9.17, 15) is 0 Å². The number of hydrogen-bond donors (Lipinski definition) is 0. The van der Waals surface area contributed by atoms with Crippen LogP contribution in [-0.4, -0.2) is 35.5 Å². The van der Waals surface area contributed by atoms with Gasteiger partial charge < -0.3 is 0 Å². The topological polar surface area (TPSA) is 6.48 Å². The van der Waals surface area contributed by atoms with Crippen molar-refractivity contribution in [3.8, 4) is 11.8 Å². The van der Waals surface area contributed by atoms with E-state index >= 15 is 0 Å². The molecule has 0 heterocycles. The molecule has 4 aromatic rings. The fourth-order valence-electron chi connectivity index (χ4n) is 4.72. The highest BCUT2D eigenvalue weighted by Gasteiger charge is 2.23. The lowest BCUT2D eigenvalue weighted by molar-refractivity contribution is 0.514. The van der Waals surface area contributed by atoms with Gasteiger partial charge in [0.05, 0.1) is 0 Å². The summed E-state index contributed by atoms with van der Waals surface area (Å²) >= 11 is 0. The summed E-state index contributed by atoms with van der Waals surface area (Å²) in [7, 11) is -1.32. The molecule has 4 rings (SSSR count). The van der Waals surface area contributed by atoms with Crippen molar-refractivity contribution < 1.29 is 0 Å². The molecule has 0 bridgehead atoms. The van der Waals surface area contributed by atoms with Gasteiger partial charge in [-0.15, -0.1) is 0 Å². The molecule has 0 fully saturated rings. The molecule has 0 spiro atoms. The maximum atomic E-state index is 3.64. The highest BCUT2D eigenvalue weighted by Crippen LogP contribution is 2.40. The Hall–Kier alpha value is -2.78. The Bertz CT molecular complexity index is 1230. The van der Waals surface area contributed by atoms with Crippen molar-refractivity contribution in [1.29, 1.82) is 0 Å². The minimum atomic E-state index is -0.661. The van der Waals surface area contributed by atoms with Gasteiger partial charge in [0, 0.05) is 37.9 Å². The first kappa shape index (κ1) is 28.2. The summed E-state index contributed by atoms with van der Waals surface area (Å²) in [5.41, 5.74) is 2.24. The van der Waals surface area contributed by atoms with E-state index in [0.29, 0.717) is 0 Å². The highest BCUT2D eigenvalue weighted by atomic mass is 31.1. The van der Waals surface area contributed by atoms with Gasteiger partial charge in [0.1, 0.15) is 0 Å². The second-order valence-corrected chi connectivity index (χ2v) is 13.2. The standard InChI is InChI=1S/C34H38N2P2/c1-5-35(6-2)37(31-21-11-9-12-22-31)33-25-17-15-19-29(33)27-28-30-20-16-18-26-34(30)38(36(7-3)8-4)32-23-13-10-14-24-32/h9-26H,5-8H2,1-4H3. The Morgan fingerprint density at radius 3 is 1.11 bits per heavy atom. The summed E-state index contributed by atoms with van der Waals surface area (Å²) < 4.78 is 5.16. The third kappa shape index (κ3) is 6.61. The van der Waals surface area contributed by atoms with Crippen LogP contribution in [0.5, 0.6) is 0 Å². The van der Waals surface area contributed by atoms with E-state index in [2.05, 4.69) is 158 Å². The van der Waals surface area contributed by atoms with Crippen LogP contribution in [0, 0.1) is 11.8 Å². The van der Waals surface area contributed by atoms with Crippen LogP contribution in [0.3, 0.4) is 0 Å². The summed E-state index contributed by atoms with van der Waals surface area (Å²) in [5, 5.41) is 5.40.